The Hall–Kier alpha value is -2.20. The third-order valence-electron chi connectivity index (χ3n) is 5.49. The quantitative estimate of drug-likeness (QED) is 0.764. The molecule has 0 N–H and O–H groups in total. The van der Waals surface area contributed by atoms with E-state index in [4.69, 9.17) is 0 Å². The standard InChI is InChI=1S/C23H29FN2O/c1-18-6-3-4-8-22(18)23(27)25(2)16-20-7-5-14-26(17-20)15-13-19-9-11-21(24)12-10-19/h3-4,6,8-12,20H,5,7,13-17H2,1-2H3. The number of likely N-dealkylation sites (tertiary alicyclic amines) is 1. The van der Waals surface area contributed by atoms with Gasteiger partial charge in [-0.1, -0.05) is 30.3 Å². The molecular formula is C23H29FN2O. The molecule has 0 radical (unpaired) electrons. The van der Waals surface area contributed by atoms with Crippen LogP contribution >= 0.6 is 0 Å². The SMILES string of the molecule is Cc1ccccc1C(=O)N(C)CC1CCCN(CCc2ccc(F)cc2)C1. The number of nitrogens with zero attached hydrogens (tertiary/aromatic N) is 2. The van der Waals surface area contributed by atoms with E-state index in [2.05, 4.69) is 4.90 Å². The van der Waals surface area contributed by atoms with E-state index < -0.39 is 0 Å². The van der Waals surface area contributed by atoms with Gasteiger partial charge in [-0.3, -0.25) is 4.79 Å². The number of rotatable bonds is 6. The number of piperidine rings is 1. The van der Waals surface area contributed by atoms with Gasteiger partial charge in [-0.15, -0.1) is 0 Å². The van der Waals surface area contributed by atoms with Gasteiger partial charge in [-0.2, -0.15) is 0 Å². The Balaban J connectivity index is 1.51. The Morgan fingerprint density at radius 1 is 1.19 bits per heavy atom. The zero-order chi connectivity index (χ0) is 19.2. The lowest BCUT2D eigenvalue weighted by Gasteiger charge is -2.35. The Morgan fingerprint density at radius 3 is 2.67 bits per heavy atom. The van der Waals surface area contributed by atoms with Crippen molar-refractivity contribution in [3.05, 3.63) is 71.0 Å². The summed E-state index contributed by atoms with van der Waals surface area (Å²) in [6, 6.07) is 14.6. The molecule has 1 atom stereocenters. The minimum atomic E-state index is -0.182. The van der Waals surface area contributed by atoms with Crippen LogP contribution in [0.2, 0.25) is 0 Å². The summed E-state index contributed by atoms with van der Waals surface area (Å²) in [5.41, 5.74) is 2.99. The number of hydrogen-bond acceptors (Lipinski definition) is 2. The van der Waals surface area contributed by atoms with Gasteiger partial charge in [-0.05, 0) is 68.0 Å². The summed E-state index contributed by atoms with van der Waals surface area (Å²) in [6.45, 7) is 5.89. The van der Waals surface area contributed by atoms with Crippen LogP contribution in [0.4, 0.5) is 4.39 Å². The van der Waals surface area contributed by atoms with Crippen LogP contribution in [0, 0.1) is 18.7 Å². The molecule has 1 aliphatic rings. The van der Waals surface area contributed by atoms with Crippen LogP contribution in [0.3, 0.4) is 0 Å². The fourth-order valence-corrected chi connectivity index (χ4v) is 3.93. The van der Waals surface area contributed by atoms with Gasteiger partial charge >= 0.3 is 0 Å². The van der Waals surface area contributed by atoms with Crippen LogP contribution in [0.15, 0.2) is 48.5 Å². The molecule has 27 heavy (non-hydrogen) atoms. The molecule has 2 aromatic rings. The lowest BCUT2D eigenvalue weighted by molar-refractivity contribution is 0.0729. The van der Waals surface area contributed by atoms with Crippen molar-refractivity contribution in [1.29, 1.82) is 0 Å². The highest BCUT2D eigenvalue weighted by molar-refractivity contribution is 5.95. The molecule has 1 aliphatic heterocycles. The van der Waals surface area contributed by atoms with Gasteiger partial charge in [0.1, 0.15) is 5.82 Å². The molecule has 1 saturated heterocycles. The minimum Gasteiger partial charge on any atom is -0.341 e. The van der Waals surface area contributed by atoms with Gasteiger partial charge < -0.3 is 9.80 Å². The number of aryl methyl sites for hydroxylation is 1. The van der Waals surface area contributed by atoms with Crippen LogP contribution in [0.25, 0.3) is 0 Å². The lowest BCUT2D eigenvalue weighted by Crippen LogP contribution is -2.42. The molecule has 1 unspecified atom stereocenters. The van der Waals surface area contributed by atoms with Crippen molar-refractivity contribution < 1.29 is 9.18 Å². The van der Waals surface area contributed by atoms with Gasteiger partial charge in [0, 0.05) is 32.2 Å². The lowest BCUT2D eigenvalue weighted by atomic mass is 9.96. The first kappa shape index (κ1) is 19.6. The second-order valence-corrected chi connectivity index (χ2v) is 7.69. The highest BCUT2D eigenvalue weighted by Gasteiger charge is 2.23. The summed E-state index contributed by atoms with van der Waals surface area (Å²) in [4.78, 5) is 17.1. The van der Waals surface area contributed by atoms with Crippen molar-refractivity contribution in [2.75, 3.05) is 33.2 Å². The van der Waals surface area contributed by atoms with Crippen LogP contribution in [0.1, 0.15) is 34.3 Å². The van der Waals surface area contributed by atoms with Gasteiger partial charge in [0.15, 0.2) is 0 Å². The van der Waals surface area contributed by atoms with E-state index >= 15 is 0 Å². The minimum absolute atomic E-state index is 0.108. The molecule has 0 aliphatic carbocycles. The van der Waals surface area contributed by atoms with Crippen molar-refractivity contribution in [3.8, 4) is 0 Å². The molecule has 0 bridgehead atoms. The zero-order valence-corrected chi connectivity index (χ0v) is 16.3. The van der Waals surface area contributed by atoms with E-state index in [0.29, 0.717) is 5.92 Å². The first-order valence-corrected chi connectivity index (χ1v) is 9.81. The molecular weight excluding hydrogens is 339 g/mol. The van der Waals surface area contributed by atoms with E-state index in [9.17, 15) is 9.18 Å². The second kappa shape index (κ2) is 9.14. The highest BCUT2D eigenvalue weighted by Crippen LogP contribution is 2.19. The van der Waals surface area contributed by atoms with Crippen molar-refractivity contribution >= 4 is 5.91 Å². The predicted molar refractivity (Wildman–Crippen MR) is 107 cm³/mol. The summed E-state index contributed by atoms with van der Waals surface area (Å²) in [7, 11) is 1.91. The largest absolute Gasteiger partial charge is 0.341 e. The summed E-state index contributed by atoms with van der Waals surface area (Å²) in [5.74, 6) is 0.430. The van der Waals surface area contributed by atoms with Crippen molar-refractivity contribution in [2.45, 2.75) is 26.2 Å². The first-order valence-electron chi connectivity index (χ1n) is 9.81. The fourth-order valence-electron chi connectivity index (χ4n) is 3.93. The Kier molecular flexibility index (Phi) is 6.62. The number of amides is 1. The van der Waals surface area contributed by atoms with Crippen LogP contribution in [0.5, 0.6) is 0 Å². The Bertz CT molecular complexity index is 759. The third kappa shape index (κ3) is 5.39. The summed E-state index contributed by atoms with van der Waals surface area (Å²) in [6.07, 6.45) is 3.27. The molecule has 2 aromatic carbocycles. The average molecular weight is 368 g/mol. The number of carbonyl (C=O) groups excluding carboxylic acids is 1. The highest BCUT2D eigenvalue weighted by atomic mass is 19.1. The van der Waals surface area contributed by atoms with E-state index in [1.807, 2.05) is 55.3 Å². The first-order chi connectivity index (χ1) is 13.0. The Labute approximate surface area is 161 Å². The van der Waals surface area contributed by atoms with E-state index in [1.165, 1.54) is 30.5 Å². The topological polar surface area (TPSA) is 23.6 Å². The van der Waals surface area contributed by atoms with E-state index in [-0.39, 0.29) is 11.7 Å². The van der Waals surface area contributed by atoms with Gasteiger partial charge in [0.05, 0.1) is 0 Å². The van der Waals surface area contributed by atoms with Crippen molar-refractivity contribution in [2.24, 2.45) is 5.92 Å². The van der Waals surface area contributed by atoms with Crippen molar-refractivity contribution in [3.63, 3.8) is 0 Å². The maximum absolute atomic E-state index is 13.0. The molecule has 0 saturated carbocycles. The Morgan fingerprint density at radius 2 is 1.93 bits per heavy atom. The fraction of sp³-hybridized carbons (Fsp3) is 0.435. The second-order valence-electron chi connectivity index (χ2n) is 7.69. The monoisotopic (exact) mass is 368 g/mol. The zero-order valence-electron chi connectivity index (χ0n) is 16.3. The van der Waals surface area contributed by atoms with Crippen LogP contribution in [-0.2, 0) is 6.42 Å². The average Bonchev–Trinajstić information content (AvgIpc) is 2.68. The summed E-state index contributed by atoms with van der Waals surface area (Å²) < 4.78 is 13.0. The maximum atomic E-state index is 13.0. The molecule has 4 heteroatoms. The number of halogens is 1. The predicted octanol–water partition coefficient (Wildman–Crippen LogP) is 4.16. The number of carbonyl (C=O) groups is 1. The van der Waals surface area contributed by atoms with Crippen LogP contribution < -0.4 is 0 Å². The van der Waals surface area contributed by atoms with Gasteiger partial charge in [0.25, 0.3) is 5.91 Å². The maximum Gasteiger partial charge on any atom is 0.253 e. The third-order valence-corrected chi connectivity index (χ3v) is 5.49. The van der Waals surface area contributed by atoms with Gasteiger partial charge in [0.2, 0.25) is 0 Å². The van der Waals surface area contributed by atoms with Crippen LogP contribution in [-0.4, -0.2) is 48.9 Å². The number of benzene rings is 2. The summed E-state index contributed by atoms with van der Waals surface area (Å²) in [5, 5.41) is 0. The molecule has 144 valence electrons. The molecule has 3 nitrogen and oxygen atoms in total. The normalized spacial score (nSPS) is 17.7. The number of hydrogen-bond donors (Lipinski definition) is 0. The molecule has 1 heterocycles. The molecule has 0 spiro atoms. The molecule has 3 rings (SSSR count). The molecule has 1 fully saturated rings. The van der Waals surface area contributed by atoms with Gasteiger partial charge in [-0.25, -0.2) is 4.39 Å². The summed E-state index contributed by atoms with van der Waals surface area (Å²) >= 11 is 0. The van der Waals surface area contributed by atoms with E-state index in [0.717, 1.165) is 43.7 Å². The molecule has 1 amide bonds. The van der Waals surface area contributed by atoms with E-state index in [1.54, 1.807) is 0 Å². The smallest absolute Gasteiger partial charge is 0.253 e. The molecule has 0 aromatic heterocycles. The van der Waals surface area contributed by atoms with Crippen molar-refractivity contribution in [1.82, 2.24) is 9.80 Å².